The zero-order chi connectivity index (χ0) is 17.1. The number of amides is 1. The summed E-state index contributed by atoms with van der Waals surface area (Å²) in [6, 6.07) is 7.42. The number of benzene rings is 1. The number of carbonyl (C=O) groups excluding carboxylic acids is 1. The van der Waals surface area contributed by atoms with Gasteiger partial charge >= 0.3 is 0 Å². The van der Waals surface area contributed by atoms with E-state index in [0.29, 0.717) is 23.5 Å². The Morgan fingerprint density at radius 3 is 2.67 bits per heavy atom. The van der Waals surface area contributed by atoms with E-state index in [9.17, 15) is 9.18 Å². The molecule has 24 heavy (non-hydrogen) atoms. The number of halogens is 1. The molecular formula is C17H15FN4O2. The largest absolute Gasteiger partial charge is 0.487 e. The highest BCUT2D eigenvalue weighted by Crippen LogP contribution is 2.30. The lowest BCUT2D eigenvalue weighted by Gasteiger charge is -2.12. The van der Waals surface area contributed by atoms with E-state index in [1.807, 2.05) is 13.2 Å². The molecule has 0 saturated carbocycles. The van der Waals surface area contributed by atoms with Gasteiger partial charge in [-0.25, -0.2) is 9.37 Å². The minimum atomic E-state index is -0.642. The minimum absolute atomic E-state index is 0.114. The smallest absolute Gasteiger partial charge is 0.267 e. The number of ether oxygens (including phenoxy) is 1. The van der Waals surface area contributed by atoms with Crippen LogP contribution in [-0.2, 0) is 13.7 Å². The molecule has 0 aliphatic carbocycles. The number of nitrogens with zero attached hydrogens (tertiary/aromatic N) is 3. The van der Waals surface area contributed by atoms with Crippen molar-refractivity contribution in [1.82, 2.24) is 14.8 Å². The number of aromatic nitrogens is 3. The van der Waals surface area contributed by atoms with Crippen LogP contribution in [0.1, 0.15) is 16.1 Å². The van der Waals surface area contributed by atoms with Crippen LogP contribution in [0.5, 0.6) is 5.75 Å². The van der Waals surface area contributed by atoms with Crippen LogP contribution >= 0.6 is 0 Å². The van der Waals surface area contributed by atoms with Crippen LogP contribution < -0.4 is 10.5 Å². The Hall–Kier alpha value is -3.22. The van der Waals surface area contributed by atoms with Gasteiger partial charge in [0, 0.05) is 24.4 Å². The lowest BCUT2D eigenvalue weighted by atomic mass is 10.0. The molecule has 7 heteroatoms. The summed E-state index contributed by atoms with van der Waals surface area (Å²) < 4.78 is 20.6. The molecule has 0 unspecified atom stereocenters. The first kappa shape index (κ1) is 15.7. The highest BCUT2D eigenvalue weighted by molar-refractivity contribution is 5.92. The number of pyridine rings is 1. The molecule has 0 fully saturated rings. The van der Waals surface area contributed by atoms with Crippen molar-refractivity contribution in [2.75, 3.05) is 0 Å². The molecule has 3 rings (SSSR count). The molecule has 0 aliphatic heterocycles. The molecule has 2 heterocycles. The maximum atomic E-state index is 13.2. The first-order chi connectivity index (χ1) is 11.5. The molecule has 2 aromatic heterocycles. The highest BCUT2D eigenvalue weighted by Gasteiger charge is 2.12. The molecule has 2 N–H and O–H groups in total. The molecule has 0 saturated heterocycles. The Bertz CT molecular complexity index is 875. The van der Waals surface area contributed by atoms with E-state index < -0.39 is 5.91 Å². The topological polar surface area (TPSA) is 83.0 Å². The molecule has 122 valence electrons. The number of nitrogens with two attached hydrogens (primary N) is 1. The van der Waals surface area contributed by atoms with Crippen molar-refractivity contribution >= 4 is 5.91 Å². The van der Waals surface area contributed by atoms with Gasteiger partial charge in [0.05, 0.1) is 12.4 Å². The Morgan fingerprint density at radius 2 is 2.04 bits per heavy atom. The average Bonchev–Trinajstić information content (AvgIpc) is 2.99. The summed E-state index contributed by atoms with van der Waals surface area (Å²) in [5.74, 6) is -0.520. The number of carbonyl (C=O) groups is 1. The van der Waals surface area contributed by atoms with Crippen molar-refractivity contribution in [3.63, 3.8) is 0 Å². The fourth-order valence-electron chi connectivity index (χ4n) is 2.26. The van der Waals surface area contributed by atoms with Gasteiger partial charge in [0.25, 0.3) is 5.91 Å². The van der Waals surface area contributed by atoms with Gasteiger partial charge in [-0.3, -0.25) is 9.48 Å². The zero-order valence-electron chi connectivity index (χ0n) is 12.9. The molecule has 0 aliphatic rings. The molecule has 1 aromatic carbocycles. The first-order valence-corrected chi connectivity index (χ1v) is 7.19. The van der Waals surface area contributed by atoms with Crippen LogP contribution in [0.3, 0.4) is 0 Å². The maximum absolute atomic E-state index is 13.2. The van der Waals surface area contributed by atoms with E-state index in [0.717, 1.165) is 5.56 Å². The van der Waals surface area contributed by atoms with Gasteiger partial charge in [-0.05, 0) is 23.8 Å². The van der Waals surface area contributed by atoms with Crippen molar-refractivity contribution in [3.05, 3.63) is 66.0 Å². The van der Waals surface area contributed by atoms with E-state index in [1.54, 1.807) is 23.0 Å². The molecule has 3 aromatic rings. The number of primary amides is 1. The number of aryl methyl sites for hydroxylation is 1. The maximum Gasteiger partial charge on any atom is 0.267 e. The molecule has 0 radical (unpaired) electrons. The van der Waals surface area contributed by atoms with Gasteiger partial charge < -0.3 is 10.5 Å². The monoisotopic (exact) mass is 326 g/mol. The molecule has 0 spiro atoms. The van der Waals surface area contributed by atoms with Gasteiger partial charge in [-0.15, -0.1) is 0 Å². The van der Waals surface area contributed by atoms with E-state index in [-0.39, 0.29) is 11.5 Å². The predicted molar refractivity (Wildman–Crippen MR) is 85.7 cm³/mol. The normalized spacial score (nSPS) is 10.6. The van der Waals surface area contributed by atoms with Crippen molar-refractivity contribution in [3.8, 4) is 16.9 Å². The lowest BCUT2D eigenvalue weighted by Crippen LogP contribution is -2.13. The van der Waals surface area contributed by atoms with Crippen LogP contribution in [0.25, 0.3) is 11.1 Å². The fourth-order valence-corrected chi connectivity index (χ4v) is 2.26. The molecular weight excluding hydrogens is 311 g/mol. The average molecular weight is 326 g/mol. The minimum Gasteiger partial charge on any atom is -0.487 e. The van der Waals surface area contributed by atoms with Crippen molar-refractivity contribution in [1.29, 1.82) is 0 Å². The SMILES string of the molecule is Cn1cc(COc2cnc(C(N)=O)cc2-c2ccc(F)cc2)cn1. The number of hydrogen-bond acceptors (Lipinski definition) is 4. The van der Waals surface area contributed by atoms with Crippen molar-refractivity contribution in [2.45, 2.75) is 6.61 Å². The Balaban J connectivity index is 1.94. The van der Waals surface area contributed by atoms with Gasteiger partial charge in [0.2, 0.25) is 0 Å². The van der Waals surface area contributed by atoms with Crippen LogP contribution in [0.2, 0.25) is 0 Å². The van der Waals surface area contributed by atoms with Gasteiger partial charge in [-0.1, -0.05) is 12.1 Å². The lowest BCUT2D eigenvalue weighted by molar-refractivity contribution is 0.0995. The second-order valence-corrected chi connectivity index (χ2v) is 5.25. The second kappa shape index (κ2) is 6.49. The highest BCUT2D eigenvalue weighted by atomic mass is 19.1. The Labute approximate surface area is 137 Å². The van der Waals surface area contributed by atoms with Crippen LogP contribution in [0.15, 0.2) is 48.9 Å². The van der Waals surface area contributed by atoms with Gasteiger partial charge in [-0.2, -0.15) is 5.10 Å². The van der Waals surface area contributed by atoms with E-state index in [2.05, 4.69) is 10.1 Å². The summed E-state index contributed by atoms with van der Waals surface area (Å²) >= 11 is 0. The number of hydrogen-bond donors (Lipinski definition) is 1. The van der Waals surface area contributed by atoms with E-state index >= 15 is 0 Å². The van der Waals surface area contributed by atoms with Crippen LogP contribution in [0.4, 0.5) is 4.39 Å². The van der Waals surface area contributed by atoms with Crippen molar-refractivity contribution in [2.24, 2.45) is 12.8 Å². The fraction of sp³-hybridized carbons (Fsp3) is 0.118. The van der Waals surface area contributed by atoms with E-state index in [1.165, 1.54) is 24.4 Å². The van der Waals surface area contributed by atoms with Gasteiger partial charge in [0.1, 0.15) is 23.9 Å². The molecule has 0 bridgehead atoms. The zero-order valence-corrected chi connectivity index (χ0v) is 12.9. The van der Waals surface area contributed by atoms with Crippen LogP contribution in [0, 0.1) is 5.82 Å². The Morgan fingerprint density at radius 1 is 1.29 bits per heavy atom. The summed E-state index contributed by atoms with van der Waals surface area (Å²) in [5, 5.41) is 4.07. The third-order valence-corrected chi connectivity index (χ3v) is 3.43. The van der Waals surface area contributed by atoms with Crippen molar-refractivity contribution < 1.29 is 13.9 Å². The third-order valence-electron chi connectivity index (χ3n) is 3.43. The molecule has 6 nitrogen and oxygen atoms in total. The second-order valence-electron chi connectivity index (χ2n) is 5.25. The molecule has 1 amide bonds. The molecule has 0 atom stereocenters. The summed E-state index contributed by atoms with van der Waals surface area (Å²) in [7, 11) is 1.82. The Kier molecular flexibility index (Phi) is 4.24. The quantitative estimate of drug-likeness (QED) is 0.780. The summed E-state index contributed by atoms with van der Waals surface area (Å²) in [6.45, 7) is 0.291. The summed E-state index contributed by atoms with van der Waals surface area (Å²) in [6.07, 6.45) is 4.97. The third kappa shape index (κ3) is 3.40. The standard InChI is InChI=1S/C17H15FN4O2/c1-22-9-11(7-21-22)10-24-16-8-20-15(17(19)23)6-14(16)12-2-4-13(18)5-3-12/h2-9H,10H2,1H3,(H2,19,23). The number of rotatable bonds is 5. The van der Waals surface area contributed by atoms with E-state index in [4.69, 9.17) is 10.5 Å². The summed E-state index contributed by atoms with van der Waals surface area (Å²) in [5.41, 5.74) is 7.60. The predicted octanol–water partition coefficient (Wildman–Crippen LogP) is 2.30. The van der Waals surface area contributed by atoms with Crippen LogP contribution in [-0.4, -0.2) is 20.7 Å². The first-order valence-electron chi connectivity index (χ1n) is 7.19. The summed E-state index contributed by atoms with van der Waals surface area (Å²) in [4.78, 5) is 15.4. The van der Waals surface area contributed by atoms with Gasteiger partial charge in [0.15, 0.2) is 0 Å².